The summed E-state index contributed by atoms with van der Waals surface area (Å²) in [7, 11) is 0. The molecule has 8 heteroatoms. The number of ether oxygens (including phenoxy) is 1. The van der Waals surface area contributed by atoms with Gasteiger partial charge in [0.15, 0.2) is 0 Å². The lowest BCUT2D eigenvalue weighted by atomic mass is 10.2. The van der Waals surface area contributed by atoms with Crippen LogP contribution < -0.4 is 15.0 Å². The van der Waals surface area contributed by atoms with E-state index in [1.807, 2.05) is 38.1 Å². The number of aryl methyl sites for hydroxylation is 2. The molecule has 3 aromatic rings. The second-order valence-electron chi connectivity index (χ2n) is 7.47. The van der Waals surface area contributed by atoms with Crippen LogP contribution in [0.5, 0.6) is 5.75 Å². The molecule has 0 fully saturated rings. The molecule has 1 aliphatic rings. The quantitative estimate of drug-likeness (QED) is 0.187. The van der Waals surface area contributed by atoms with Gasteiger partial charge in [-0.15, -0.1) is 0 Å². The van der Waals surface area contributed by atoms with Crippen molar-refractivity contribution in [2.45, 2.75) is 13.8 Å². The highest BCUT2D eigenvalue weighted by Crippen LogP contribution is 2.32. The molecule has 166 valence electrons. The van der Waals surface area contributed by atoms with Gasteiger partial charge in [-0.1, -0.05) is 29.3 Å². The molecule has 0 radical (unpaired) electrons. The summed E-state index contributed by atoms with van der Waals surface area (Å²) in [4.78, 5) is 39.1. The van der Waals surface area contributed by atoms with Crippen molar-refractivity contribution in [1.82, 2.24) is 0 Å². The van der Waals surface area contributed by atoms with Gasteiger partial charge in [0.05, 0.1) is 11.3 Å². The van der Waals surface area contributed by atoms with Crippen LogP contribution in [0.1, 0.15) is 21.5 Å². The molecule has 0 saturated heterocycles. The van der Waals surface area contributed by atoms with Crippen molar-refractivity contribution < 1.29 is 19.1 Å². The van der Waals surface area contributed by atoms with E-state index in [9.17, 15) is 14.4 Å². The first-order valence-corrected chi connectivity index (χ1v) is 11.4. The zero-order chi connectivity index (χ0) is 23.7. The maximum Gasteiger partial charge on any atom is 0.343 e. The van der Waals surface area contributed by atoms with Gasteiger partial charge in [-0.3, -0.25) is 9.59 Å². The van der Waals surface area contributed by atoms with Crippen LogP contribution in [0.3, 0.4) is 0 Å². The van der Waals surface area contributed by atoms with Crippen LogP contribution in [0.4, 0.5) is 11.4 Å². The average Bonchev–Trinajstić information content (AvgIpc) is 2.99. The number of anilines is 2. The summed E-state index contributed by atoms with van der Waals surface area (Å²) in [5.74, 6) is -1.19. The summed E-state index contributed by atoms with van der Waals surface area (Å²) in [5, 5.41) is 2.71. The molecule has 0 aromatic heterocycles. The van der Waals surface area contributed by atoms with Gasteiger partial charge in [0.1, 0.15) is 16.5 Å². The summed E-state index contributed by atoms with van der Waals surface area (Å²) in [6.07, 6.45) is 0. The average molecular weight is 573 g/mol. The van der Waals surface area contributed by atoms with E-state index in [-0.39, 0.29) is 10.7 Å². The molecule has 4 rings (SSSR count). The molecular formula is C25H18ClIN2O4. The Morgan fingerprint density at radius 3 is 2.24 bits per heavy atom. The fourth-order valence-electron chi connectivity index (χ4n) is 3.31. The van der Waals surface area contributed by atoms with Crippen molar-refractivity contribution in [2.24, 2.45) is 0 Å². The van der Waals surface area contributed by atoms with Crippen molar-refractivity contribution in [3.63, 3.8) is 0 Å². The van der Waals surface area contributed by atoms with E-state index in [1.165, 1.54) is 0 Å². The second-order valence-corrected chi connectivity index (χ2v) is 9.09. The largest absolute Gasteiger partial charge is 0.423 e. The van der Waals surface area contributed by atoms with Crippen molar-refractivity contribution in [3.8, 4) is 5.75 Å². The molecular weight excluding hydrogens is 555 g/mol. The molecule has 1 N–H and O–H groups in total. The van der Waals surface area contributed by atoms with Gasteiger partial charge in [-0.05, 0) is 96.6 Å². The third-order valence-electron chi connectivity index (χ3n) is 5.05. The zero-order valence-electron chi connectivity index (χ0n) is 17.7. The number of nitrogens with zero attached hydrogens (tertiary/aromatic N) is 1. The lowest BCUT2D eigenvalue weighted by Crippen LogP contribution is -2.32. The number of nitrogens with one attached hydrogen (secondary N) is 1. The number of imide groups is 1. The first kappa shape index (κ1) is 23.0. The van der Waals surface area contributed by atoms with Gasteiger partial charge in [0, 0.05) is 9.26 Å². The van der Waals surface area contributed by atoms with Crippen LogP contribution in [0, 0.1) is 17.4 Å². The van der Waals surface area contributed by atoms with Gasteiger partial charge >= 0.3 is 5.97 Å². The third kappa shape index (κ3) is 4.79. The molecule has 3 aromatic carbocycles. The predicted molar refractivity (Wildman–Crippen MR) is 135 cm³/mol. The summed E-state index contributed by atoms with van der Waals surface area (Å²) >= 11 is 8.38. The minimum atomic E-state index is -0.591. The molecule has 33 heavy (non-hydrogen) atoms. The Balaban J connectivity index is 1.49. The topological polar surface area (TPSA) is 75.7 Å². The van der Waals surface area contributed by atoms with Crippen molar-refractivity contribution >= 4 is 63.4 Å². The minimum Gasteiger partial charge on any atom is -0.423 e. The molecule has 1 heterocycles. The fourth-order valence-corrected chi connectivity index (χ4v) is 4.17. The SMILES string of the molecule is Cc1ccc(OC(=O)c2ccc(NC3=C(Cl)C(=O)N(c4ccc(I)cc4C)C3=O)cc2)cc1. The smallest absolute Gasteiger partial charge is 0.343 e. The number of halogens is 2. The maximum absolute atomic E-state index is 13.0. The van der Waals surface area contributed by atoms with Gasteiger partial charge in [0.25, 0.3) is 11.8 Å². The van der Waals surface area contributed by atoms with E-state index in [0.29, 0.717) is 22.7 Å². The molecule has 2 amide bonds. The molecule has 0 spiro atoms. The molecule has 0 atom stereocenters. The highest BCUT2D eigenvalue weighted by atomic mass is 127. The Kier molecular flexibility index (Phi) is 6.53. The lowest BCUT2D eigenvalue weighted by Gasteiger charge is -2.17. The van der Waals surface area contributed by atoms with E-state index in [4.69, 9.17) is 16.3 Å². The number of rotatable bonds is 5. The Labute approximate surface area is 209 Å². The monoisotopic (exact) mass is 572 g/mol. The van der Waals surface area contributed by atoms with Gasteiger partial charge in [-0.2, -0.15) is 0 Å². The highest BCUT2D eigenvalue weighted by Gasteiger charge is 2.39. The summed E-state index contributed by atoms with van der Waals surface area (Å²) in [6, 6.07) is 18.9. The van der Waals surface area contributed by atoms with Crippen LogP contribution in [-0.4, -0.2) is 17.8 Å². The van der Waals surface area contributed by atoms with Gasteiger partial charge in [0.2, 0.25) is 0 Å². The van der Waals surface area contributed by atoms with Crippen LogP contribution >= 0.6 is 34.2 Å². The Morgan fingerprint density at radius 2 is 1.61 bits per heavy atom. The maximum atomic E-state index is 13.0. The number of amides is 2. The second kappa shape index (κ2) is 9.36. The number of hydrogen-bond acceptors (Lipinski definition) is 5. The molecule has 0 saturated carbocycles. The third-order valence-corrected chi connectivity index (χ3v) is 6.07. The molecule has 6 nitrogen and oxygen atoms in total. The van der Waals surface area contributed by atoms with Gasteiger partial charge < -0.3 is 10.1 Å². The van der Waals surface area contributed by atoms with Crippen molar-refractivity contribution in [2.75, 3.05) is 10.2 Å². The Hall–Kier alpha value is -3.17. The van der Waals surface area contributed by atoms with Gasteiger partial charge in [-0.25, -0.2) is 9.69 Å². The predicted octanol–water partition coefficient (Wildman–Crippen LogP) is 5.56. The summed E-state index contributed by atoms with van der Waals surface area (Å²) in [6.45, 7) is 3.77. The standard InChI is InChI=1S/C25H18ClIN2O4/c1-14-3-10-19(11-4-14)33-25(32)16-5-8-18(9-6-16)28-22-21(26)23(30)29(24(22)31)20-12-7-17(27)13-15(20)2/h3-13,28H,1-2H3. The fraction of sp³-hybridized carbons (Fsp3) is 0.0800. The van der Waals surface area contributed by atoms with Crippen LogP contribution in [0.25, 0.3) is 0 Å². The van der Waals surface area contributed by atoms with E-state index >= 15 is 0 Å². The van der Waals surface area contributed by atoms with E-state index in [2.05, 4.69) is 27.9 Å². The van der Waals surface area contributed by atoms with E-state index in [1.54, 1.807) is 42.5 Å². The normalized spacial score (nSPS) is 13.5. The van der Waals surface area contributed by atoms with Crippen molar-refractivity contribution in [3.05, 3.63) is 97.7 Å². The van der Waals surface area contributed by atoms with Crippen molar-refractivity contribution in [1.29, 1.82) is 0 Å². The van der Waals surface area contributed by atoms with E-state index in [0.717, 1.165) is 19.6 Å². The molecule has 1 aliphatic heterocycles. The Morgan fingerprint density at radius 1 is 0.939 bits per heavy atom. The number of esters is 1. The molecule has 0 aliphatic carbocycles. The Bertz CT molecular complexity index is 1300. The first-order valence-electron chi connectivity index (χ1n) is 9.95. The van der Waals surface area contributed by atoms with E-state index < -0.39 is 17.8 Å². The lowest BCUT2D eigenvalue weighted by molar-refractivity contribution is -0.120. The molecule has 0 unspecified atom stereocenters. The number of benzene rings is 3. The first-order chi connectivity index (χ1) is 15.7. The summed E-state index contributed by atoms with van der Waals surface area (Å²) < 4.78 is 6.36. The van der Waals surface area contributed by atoms with Crippen LogP contribution in [-0.2, 0) is 9.59 Å². The van der Waals surface area contributed by atoms with Crippen LogP contribution in [0.15, 0.2) is 77.5 Å². The number of hydrogen-bond donors (Lipinski definition) is 1. The number of carbonyl (C=O) groups excluding carboxylic acids is 3. The molecule has 0 bridgehead atoms. The number of carbonyl (C=O) groups is 3. The zero-order valence-corrected chi connectivity index (χ0v) is 20.6. The summed E-state index contributed by atoms with van der Waals surface area (Å²) in [5.41, 5.74) is 3.15. The van der Waals surface area contributed by atoms with Crippen LogP contribution in [0.2, 0.25) is 0 Å². The minimum absolute atomic E-state index is 0.0189. The highest BCUT2D eigenvalue weighted by molar-refractivity contribution is 14.1.